The summed E-state index contributed by atoms with van der Waals surface area (Å²) in [5.74, 6) is -0.701. The molecule has 3 heteroatoms. The summed E-state index contributed by atoms with van der Waals surface area (Å²) in [6.45, 7) is 12.4. The second-order valence-corrected chi connectivity index (χ2v) is 10.4. The van der Waals surface area contributed by atoms with Crippen molar-refractivity contribution in [2.24, 2.45) is 0 Å². The number of fused-ring (bicyclic) bond motifs is 1. The first-order chi connectivity index (χ1) is 13.6. The van der Waals surface area contributed by atoms with Crippen LogP contribution >= 0.6 is 0 Å². The van der Waals surface area contributed by atoms with E-state index < -0.39 is 11.4 Å². The molecule has 29 heavy (non-hydrogen) atoms. The van der Waals surface area contributed by atoms with Crippen LogP contribution < -0.4 is 5.32 Å². The van der Waals surface area contributed by atoms with Gasteiger partial charge in [0.2, 0.25) is 0 Å². The Morgan fingerprint density at radius 2 is 1.48 bits per heavy atom. The number of aliphatic carboxylic acids is 1. The summed E-state index contributed by atoms with van der Waals surface area (Å²) in [5, 5.41) is 13.0. The third-order valence-electron chi connectivity index (χ3n) is 7.39. The van der Waals surface area contributed by atoms with Crippen molar-refractivity contribution in [3.8, 4) is 0 Å². The highest BCUT2D eigenvalue weighted by Gasteiger charge is 2.51. The van der Waals surface area contributed by atoms with E-state index in [0.717, 1.165) is 30.6 Å². The van der Waals surface area contributed by atoms with Gasteiger partial charge in [0.15, 0.2) is 0 Å². The van der Waals surface area contributed by atoms with E-state index in [2.05, 4.69) is 52.1 Å². The highest BCUT2D eigenvalue weighted by Crippen LogP contribution is 2.49. The number of rotatable bonds is 5. The minimum atomic E-state index is -0.701. The molecule has 1 saturated carbocycles. The molecule has 0 spiro atoms. The summed E-state index contributed by atoms with van der Waals surface area (Å²) >= 11 is 0. The lowest BCUT2D eigenvalue weighted by Gasteiger charge is -2.42. The molecule has 2 aliphatic carbocycles. The van der Waals surface area contributed by atoms with E-state index in [1.807, 2.05) is 24.3 Å². The third-order valence-corrected chi connectivity index (χ3v) is 7.39. The number of nitrogens with one attached hydrogen (secondary N) is 1. The molecule has 2 N–H and O–H groups in total. The average Bonchev–Trinajstić information content (AvgIpc) is 3.47. The Hall–Kier alpha value is -2.29. The van der Waals surface area contributed by atoms with Gasteiger partial charge >= 0.3 is 5.97 Å². The van der Waals surface area contributed by atoms with Crippen LogP contribution in [-0.4, -0.2) is 11.1 Å². The summed E-state index contributed by atoms with van der Waals surface area (Å²) in [6.07, 6.45) is 3.94. The van der Waals surface area contributed by atoms with Crippen molar-refractivity contribution in [3.63, 3.8) is 0 Å². The lowest BCUT2D eigenvalue weighted by Crippen LogP contribution is -2.34. The van der Waals surface area contributed by atoms with Crippen LogP contribution in [0.2, 0.25) is 0 Å². The quantitative estimate of drug-likeness (QED) is 0.650. The predicted molar refractivity (Wildman–Crippen MR) is 119 cm³/mol. The molecule has 154 valence electrons. The van der Waals surface area contributed by atoms with Gasteiger partial charge < -0.3 is 10.4 Å². The number of anilines is 1. The first-order valence-electron chi connectivity index (χ1n) is 10.8. The van der Waals surface area contributed by atoms with E-state index in [1.165, 1.54) is 35.1 Å². The highest BCUT2D eigenvalue weighted by atomic mass is 16.4. The van der Waals surface area contributed by atoms with Crippen LogP contribution in [0.3, 0.4) is 0 Å². The molecule has 1 fully saturated rings. The van der Waals surface area contributed by atoms with Crippen LogP contribution in [0.5, 0.6) is 0 Å². The van der Waals surface area contributed by atoms with Crippen LogP contribution in [0.15, 0.2) is 36.4 Å². The maximum atomic E-state index is 11.5. The fourth-order valence-electron chi connectivity index (χ4n) is 4.81. The molecule has 2 aromatic rings. The van der Waals surface area contributed by atoms with Crippen LogP contribution in [0.25, 0.3) is 0 Å². The number of hydrogen-bond donors (Lipinski definition) is 2. The van der Waals surface area contributed by atoms with Gasteiger partial charge in [-0.25, -0.2) is 0 Å². The molecule has 0 aliphatic heterocycles. The number of carboxylic acids is 1. The van der Waals surface area contributed by atoms with Crippen molar-refractivity contribution in [2.75, 3.05) is 5.32 Å². The maximum Gasteiger partial charge on any atom is 0.314 e. The summed E-state index contributed by atoms with van der Waals surface area (Å²) < 4.78 is 0. The molecule has 0 bridgehead atoms. The second kappa shape index (κ2) is 6.62. The Labute approximate surface area is 174 Å². The van der Waals surface area contributed by atoms with Crippen LogP contribution in [0.4, 0.5) is 5.69 Å². The number of hydrogen-bond acceptors (Lipinski definition) is 2. The molecular weight excluding hydrogens is 358 g/mol. The minimum absolute atomic E-state index is 0.213. The van der Waals surface area contributed by atoms with Crippen LogP contribution in [0, 0.1) is 6.92 Å². The lowest BCUT2D eigenvalue weighted by molar-refractivity contribution is -0.140. The molecule has 0 unspecified atom stereocenters. The molecule has 4 rings (SSSR count). The van der Waals surface area contributed by atoms with Crippen LogP contribution in [0.1, 0.15) is 81.2 Å². The molecule has 0 amide bonds. The summed E-state index contributed by atoms with van der Waals surface area (Å²) in [7, 11) is 0. The molecule has 0 saturated heterocycles. The number of carboxylic acid groups (broad SMARTS) is 1. The van der Waals surface area contributed by atoms with Gasteiger partial charge in [-0.3, -0.25) is 4.79 Å². The zero-order valence-electron chi connectivity index (χ0n) is 18.4. The summed E-state index contributed by atoms with van der Waals surface area (Å²) in [5.41, 5.74) is 7.43. The normalized spacial score (nSPS) is 20.6. The predicted octanol–water partition coefficient (Wildman–Crippen LogP) is 6.07. The van der Waals surface area contributed by atoms with Crippen molar-refractivity contribution >= 4 is 11.7 Å². The van der Waals surface area contributed by atoms with Crippen molar-refractivity contribution in [1.82, 2.24) is 0 Å². The molecule has 0 heterocycles. The zero-order chi connectivity index (χ0) is 21.0. The van der Waals surface area contributed by atoms with Gasteiger partial charge in [-0.1, -0.05) is 52.0 Å². The highest BCUT2D eigenvalue weighted by molar-refractivity contribution is 5.85. The van der Waals surface area contributed by atoms with E-state index in [1.54, 1.807) is 0 Å². The van der Waals surface area contributed by atoms with Gasteiger partial charge in [0.25, 0.3) is 0 Å². The van der Waals surface area contributed by atoms with E-state index in [0.29, 0.717) is 0 Å². The molecule has 0 atom stereocenters. The zero-order valence-corrected chi connectivity index (χ0v) is 18.4. The smallest absolute Gasteiger partial charge is 0.314 e. The summed E-state index contributed by atoms with van der Waals surface area (Å²) in [4.78, 5) is 11.5. The Morgan fingerprint density at radius 1 is 0.931 bits per heavy atom. The van der Waals surface area contributed by atoms with Gasteiger partial charge in [-0.15, -0.1) is 0 Å². The van der Waals surface area contributed by atoms with Crippen molar-refractivity contribution in [3.05, 3.63) is 64.2 Å². The summed E-state index contributed by atoms with van der Waals surface area (Å²) in [6, 6.07) is 12.8. The molecule has 0 aromatic heterocycles. The van der Waals surface area contributed by atoms with E-state index >= 15 is 0 Å². The van der Waals surface area contributed by atoms with Crippen molar-refractivity contribution in [1.29, 1.82) is 0 Å². The van der Waals surface area contributed by atoms with Gasteiger partial charge in [-0.2, -0.15) is 0 Å². The van der Waals surface area contributed by atoms with Gasteiger partial charge in [-0.05, 0) is 83.4 Å². The maximum absolute atomic E-state index is 11.5. The van der Waals surface area contributed by atoms with Crippen molar-refractivity contribution in [2.45, 2.75) is 83.1 Å². The Morgan fingerprint density at radius 3 is 2.00 bits per heavy atom. The standard InChI is InChI=1S/C26H33NO2/c1-17-14-21-22(25(4,5)11-10-24(21,2)3)15-18(17)16-27-20-8-6-19(7-9-20)26(12-13-26)23(28)29/h6-9,14-15,27H,10-13,16H2,1-5H3,(H,28,29). The third kappa shape index (κ3) is 3.45. The fourth-order valence-corrected chi connectivity index (χ4v) is 4.81. The second-order valence-electron chi connectivity index (χ2n) is 10.4. The Kier molecular flexibility index (Phi) is 4.56. The Balaban J connectivity index is 1.54. The number of carbonyl (C=O) groups is 1. The largest absolute Gasteiger partial charge is 0.481 e. The van der Waals surface area contributed by atoms with E-state index in [9.17, 15) is 9.90 Å². The van der Waals surface area contributed by atoms with E-state index in [-0.39, 0.29) is 10.8 Å². The topological polar surface area (TPSA) is 49.3 Å². The molecule has 2 aliphatic rings. The van der Waals surface area contributed by atoms with Gasteiger partial charge in [0.1, 0.15) is 0 Å². The number of benzene rings is 2. The van der Waals surface area contributed by atoms with Crippen molar-refractivity contribution < 1.29 is 9.90 Å². The average molecular weight is 392 g/mol. The van der Waals surface area contributed by atoms with Crippen LogP contribution in [-0.2, 0) is 27.6 Å². The SMILES string of the molecule is Cc1cc2c(cc1CNc1ccc(C3(C(=O)O)CC3)cc1)C(C)(C)CCC2(C)C. The minimum Gasteiger partial charge on any atom is -0.481 e. The number of aryl methyl sites for hydroxylation is 1. The Bertz CT molecular complexity index is 949. The first-order valence-corrected chi connectivity index (χ1v) is 10.8. The fraction of sp³-hybridized carbons (Fsp3) is 0.500. The van der Waals surface area contributed by atoms with Gasteiger partial charge in [0.05, 0.1) is 5.41 Å². The lowest BCUT2D eigenvalue weighted by atomic mass is 9.62. The monoisotopic (exact) mass is 391 g/mol. The first kappa shape index (κ1) is 20.0. The van der Waals surface area contributed by atoms with E-state index in [4.69, 9.17) is 0 Å². The molecule has 3 nitrogen and oxygen atoms in total. The van der Waals surface area contributed by atoms with Gasteiger partial charge in [0, 0.05) is 12.2 Å². The molecular formula is C26H33NO2. The molecule has 2 aromatic carbocycles. The molecule has 0 radical (unpaired) electrons.